The largest absolute Gasteiger partial charge is 0.298 e. The van der Waals surface area contributed by atoms with Gasteiger partial charge in [0.05, 0.1) is 5.25 Å². The van der Waals surface area contributed by atoms with Crippen LogP contribution in [0.1, 0.15) is 19.4 Å². The van der Waals surface area contributed by atoms with Crippen LogP contribution in [-0.2, 0) is 11.2 Å². The molecule has 0 aromatic heterocycles. The van der Waals surface area contributed by atoms with Gasteiger partial charge < -0.3 is 0 Å². The predicted octanol–water partition coefficient (Wildman–Crippen LogP) is 3.70. The van der Waals surface area contributed by atoms with Crippen molar-refractivity contribution < 1.29 is 13.6 Å². The molecular weight excluding hydrogens is 286 g/mol. The lowest BCUT2D eigenvalue weighted by molar-refractivity contribution is -0.117. The second-order valence-electron chi connectivity index (χ2n) is 4.72. The first-order valence-corrected chi connectivity index (χ1v) is 8.21. The third-order valence-corrected chi connectivity index (χ3v) is 6.74. The maximum absolute atomic E-state index is 13.5. The first kappa shape index (κ1) is 14.9. The molecule has 2 rings (SSSR count). The summed E-state index contributed by atoms with van der Waals surface area (Å²) in [4.78, 5) is 12.2. The maximum Gasteiger partial charge on any atom is 0.162 e. The van der Waals surface area contributed by atoms with Crippen LogP contribution in [0.2, 0.25) is 0 Å². The van der Waals surface area contributed by atoms with E-state index in [4.69, 9.17) is 0 Å². The third-order valence-electron chi connectivity index (χ3n) is 3.31. The Labute approximate surface area is 120 Å². The molecule has 1 heterocycles. The van der Waals surface area contributed by atoms with Gasteiger partial charge in [0.2, 0.25) is 0 Å². The average molecular weight is 302 g/mol. The van der Waals surface area contributed by atoms with E-state index in [1.54, 1.807) is 23.5 Å². The summed E-state index contributed by atoms with van der Waals surface area (Å²) < 4.78 is 26.6. The normalized spacial score (nSPS) is 27.3. The summed E-state index contributed by atoms with van der Waals surface area (Å²) in [6, 6.07) is 3.98. The highest BCUT2D eigenvalue weighted by molar-refractivity contribution is 8.08. The fourth-order valence-corrected chi connectivity index (χ4v) is 4.83. The second-order valence-corrected chi connectivity index (χ2v) is 7.72. The Morgan fingerprint density at radius 3 is 2.74 bits per heavy atom. The van der Waals surface area contributed by atoms with Gasteiger partial charge in [-0.25, -0.2) is 8.78 Å². The van der Waals surface area contributed by atoms with Gasteiger partial charge in [-0.1, -0.05) is 26.0 Å². The number of halogens is 2. The molecule has 1 aliphatic heterocycles. The van der Waals surface area contributed by atoms with Gasteiger partial charge in [0, 0.05) is 22.7 Å². The van der Waals surface area contributed by atoms with Crippen molar-refractivity contribution in [1.29, 1.82) is 0 Å². The zero-order valence-corrected chi connectivity index (χ0v) is 12.5. The Bertz CT molecular complexity index is 479. The minimum absolute atomic E-state index is 0.0132. The van der Waals surface area contributed by atoms with Crippen molar-refractivity contribution in [3.63, 3.8) is 0 Å². The third kappa shape index (κ3) is 3.51. The highest BCUT2D eigenvalue weighted by Crippen LogP contribution is 2.36. The van der Waals surface area contributed by atoms with Crippen molar-refractivity contribution in [2.24, 2.45) is 0 Å². The molecule has 0 saturated carbocycles. The number of carbonyl (C=O) groups excluding carboxylic acids is 1. The number of benzene rings is 1. The van der Waals surface area contributed by atoms with Crippen molar-refractivity contribution in [3.05, 3.63) is 35.4 Å². The number of hydrogen-bond donors (Lipinski definition) is 0. The maximum atomic E-state index is 13.5. The highest BCUT2D eigenvalue weighted by Gasteiger charge is 2.30. The summed E-state index contributed by atoms with van der Waals surface area (Å²) in [6.45, 7) is 4.25. The van der Waals surface area contributed by atoms with E-state index in [9.17, 15) is 13.6 Å². The van der Waals surface area contributed by atoms with Crippen LogP contribution in [0.4, 0.5) is 8.78 Å². The minimum Gasteiger partial charge on any atom is -0.298 e. The Balaban J connectivity index is 2.03. The summed E-state index contributed by atoms with van der Waals surface area (Å²) in [6.07, 6.45) is -0.0249. The van der Waals surface area contributed by atoms with E-state index >= 15 is 0 Å². The summed E-state index contributed by atoms with van der Waals surface area (Å²) >= 11 is 3.42. The zero-order valence-electron chi connectivity index (χ0n) is 10.9. The molecular formula is C14H16F2OS2. The predicted molar refractivity (Wildman–Crippen MR) is 77.8 cm³/mol. The standard InChI is InChI=1S/C14H16F2OS2/c1-8-9(2)19-13(7-18-8)12(17)6-10-4-3-5-11(15)14(10)16/h3-5,8-9,13H,6-7H2,1-2H3. The van der Waals surface area contributed by atoms with Crippen molar-refractivity contribution in [3.8, 4) is 0 Å². The number of ketones is 1. The van der Waals surface area contributed by atoms with Crippen LogP contribution in [0.3, 0.4) is 0 Å². The van der Waals surface area contributed by atoms with E-state index in [0.29, 0.717) is 10.5 Å². The first-order chi connectivity index (χ1) is 8.99. The first-order valence-electron chi connectivity index (χ1n) is 6.21. The van der Waals surface area contributed by atoms with Crippen LogP contribution in [0.25, 0.3) is 0 Å². The monoisotopic (exact) mass is 302 g/mol. The Hall–Kier alpha value is -0.550. The van der Waals surface area contributed by atoms with Crippen LogP contribution < -0.4 is 0 Å². The molecule has 0 aliphatic carbocycles. The molecule has 1 nitrogen and oxygen atoms in total. The lowest BCUT2D eigenvalue weighted by Gasteiger charge is -2.30. The fraction of sp³-hybridized carbons (Fsp3) is 0.500. The van der Waals surface area contributed by atoms with Crippen molar-refractivity contribution in [1.82, 2.24) is 0 Å². The summed E-state index contributed by atoms with van der Waals surface area (Å²) in [5.74, 6) is -1.05. The van der Waals surface area contributed by atoms with E-state index in [2.05, 4.69) is 13.8 Å². The van der Waals surface area contributed by atoms with Crippen LogP contribution in [-0.4, -0.2) is 27.3 Å². The van der Waals surface area contributed by atoms with Gasteiger partial charge in [0.25, 0.3) is 0 Å². The van der Waals surface area contributed by atoms with Crippen LogP contribution in [0.5, 0.6) is 0 Å². The fourth-order valence-electron chi connectivity index (χ4n) is 1.94. The Morgan fingerprint density at radius 1 is 1.32 bits per heavy atom. The van der Waals surface area contributed by atoms with Gasteiger partial charge in [-0.15, -0.1) is 11.8 Å². The van der Waals surface area contributed by atoms with Crippen molar-refractivity contribution in [2.45, 2.75) is 36.0 Å². The number of hydrogen-bond acceptors (Lipinski definition) is 3. The molecule has 0 amide bonds. The Kier molecular flexibility index (Phi) is 4.90. The number of Topliss-reactive ketones (excluding diaryl/α,β-unsaturated/α-hetero) is 1. The average Bonchev–Trinajstić information content (AvgIpc) is 2.38. The van der Waals surface area contributed by atoms with Crippen LogP contribution >= 0.6 is 23.5 Å². The van der Waals surface area contributed by atoms with E-state index in [1.807, 2.05) is 0 Å². The smallest absolute Gasteiger partial charge is 0.162 e. The number of thioether (sulfide) groups is 2. The second kappa shape index (κ2) is 6.27. The number of carbonyl (C=O) groups is 1. The minimum atomic E-state index is -0.897. The molecule has 1 aromatic rings. The highest BCUT2D eigenvalue weighted by atomic mass is 32.2. The van der Waals surface area contributed by atoms with Crippen molar-refractivity contribution >= 4 is 29.3 Å². The van der Waals surface area contributed by atoms with Gasteiger partial charge in [-0.2, -0.15) is 11.8 Å². The molecule has 5 heteroatoms. The molecule has 3 atom stereocenters. The molecule has 0 N–H and O–H groups in total. The molecule has 1 fully saturated rings. The quantitative estimate of drug-likeness (QED) is 0.847. The summed E-state index contributed by atoms with van der Waals surface area (Å²) in [7, 11) is 0. The molecule has 19 heavy (non-hydrogen) atoms. The number of rotatable bonds is 3. The van der Waals surface area contributed by atoms with Crippen LogP contribution in [0.15, 0.2) is 18.2 Å². The molecule has 1 aromatic carbocycles. The van der Waals surface area contributed by atoms with Gasteiger partial charge in [0.1, 0.15) is 0 Å². The zero-order chi connectivity index (χ0) is 14.0. The molecule has 1 aliphatic rings. The topological polar surface area (TPSA) is 17.1 Å². The molecule has 3 unspecified atom stereocenters. The summed E-state index contributed by atoms with van der Waals surface area (Å²) in [5, 5.41) is 0.823. The van der Waals surface area contributed by atoms with E-state index in [1.165, 1.54) is 12.1 Å². The van der Waals surface area contributed by atoms with Gasteiger partial charge in [-0.05, 0) is 11.6 Å². The molecule has 0 bridgehead atoms. The van der Waals surface area contributed by atoms with Crippen molar-refractivity contribution in [2.75, 3.05) is 5.75 Å². The van der Waals surface area contributed by atoms with Gasteiger partial charge in [-0.3, -0.25) is 4.79 Å². The van der Waals surface area contributed by atoms with E-state index in [0.717, 1.165) is 11.8 Å². The van der Waals surface area contributed by atoms with E-state index in [-0.39, 0.29) is 23.0 Å². The van der Waals surface area contributed by atoms with Crippen LogP contribution in [0, 0.1) is 11.6 Å². The SMILES string of the molecule is CC1SCC(C(=O)Cc2cccc(F)c2F)SC1C. The molecule has 104 valence electrons. The lowest BCUT2D eigenvalue weighted by Crippen LogP contribution is -2.32. The lowest BCUT2D eigenvalue weighted by atomic mass is 10.1. The molecule has 0 radical (unpaired) electrons. The van der Waals surface area contributed by atoms with E-state index < -0.39 is 11.6 Å². The summed E-state index contributed by atoms with van der Waals surface area (Å²) in [5.41, 5.74) is 0.155. The van der Waals surface area contributed by atoms with Gasteiger partial charge >= 0.3 is 0 Å². The Morgan fingerprint density at radius 2 is 2.05 bits per heavy atom. The molecule has 1 saturated heterocycles. The molecule has 0 spiro atoms. The van der Waals surface area contributed by atoms with Gasteiger partial charge in [0.15, 0.2) is 17.4 Å².